The molecule has 1 aromatic carbocycles. The number of benzene rings is 1. The number of hydrogen-bond acceptors (Lipinski definition) is 3. The fourth-order valence-electron chi connectivity index (χ4n) is 2.76. The van der Waals surface area contributed by atoms with Gasteiger partial charge in [-0.3, -0.25) is 4.90 Å². The fraction of sp³-hybridized carbons (Fsp3) is 0.462. The van der Waals surface area contributed by atoms with Crippen LogP contribution in [0.1, 0.15) is 17.5 Å². The highest BCUT2D eigenvalue weighted by Gasteiger charge is 2.37. The van der Waals surface area contributed by atoms with E-state index >= 15 is 0 Å². The fourth-order valence-corrected chi connectivity index (χ4v) is 2.76. The molecule has 0 spiro atoms. The Morgan fingerprint density at radius 3 is 2.75 bits per heavy atom. The van der Waals surface area contributed by atoms with Gasteiger partial charge in [0.2, 0.25) is 0 Å². The number of likely N-dealkylation sites (tertiary alicyclic amines) is 1. The lowest BCUT2D eigenvalue weighted by atomic mass is 10.1. The summed E-state index contributed by atoms with van der Waals surface area (Å²) in [6.07, 6.45) is 1.30. The Balaban J connectivity index is 1.68. The summed E-state index contributed by atoms with van der Waals surface area (Å²) in [6.45, 7) is 3.33. The van der Waals surface area contributed by atoms with Crippen LogP contribution in [0.4, 0.5) is 0 Å². The summed E-state index contributed by atoms with van der Waals surface area (Å²) in [7, 11) is 0. The van der Waals surface area contributed by atoms with Gasteiger partial charge in [0.25, 0.3) is 0 Å². The van der Waals surface area contributed by atoms with Gasteiger partial charge in [-0.05, 0) is 24.1 Å². The van der Waals surface area contributed by atoms with Crippen molar-refractivity contribution < 1.29 is 0 Å². The second-order valence-electron chi connectivity index (χ2n) is 4.73. The summed E-state index contributed by atoms with van der Waals surface area (Å²) in [4.78, 5) is 2.54. The molecule has 2 heterocycles. The lowest BCUT2D eigenvalue weighted by molar-refractivity contribution is 0.218. The summed E-state index contributed by atoms with van der Waals surface area (Å²) in [5.41, 5.74) is 2.06. The van der Waals surface area contributed by atoms with E-state index < -0.39 is 0 Å². The summed E-state index contributed by atoms with van der Waals surface area (Å²) >= 11 is 0. The van der Waals surface area contributed by atoms with E-state index in [1.54, 1.807) is 0 Å². The van der Waals surface area contributed by atoms with Crippen LogP contribution in [0.2, 0.25) is 0 Å². The van der Waals surface area contributed by atoms with Gasteiger partial charge in [0.05, 0.1) is 11.6 Å². The lowest BCUT2D eigenvalue weighted by Crippen LogP contribution is -2.42. The van der Waals surface area contributed by atoms with Gasteiger partial charge in [0, 0.05) is 31.7 Å². The van der Waals surface area contributed by atoms with Gasteiger partial charge in [0.15, 0.2) is 0 Å². The van der Waals surface area contributed by atoms with Crippen molar-refractivity contribution in [1.82, 2.24) is 10.2 Å². The number of rotatable bonds is 2. The zero-order chi connectivity index (χ0) is 11.0. The molecule has 16 heavy (non-hydrogen) atoms. The quantitative estimate of drug-likeness (QED) is 0.799. The second kappa shape index (κ2) is 3.89. The first-order valence-electron chi connectivity index (χ1n) is 5.81. The summed E-state index contributed by atoms with van der Waals surface area (Å²) in [6, 6.07) is 11.5. The molecule has 0 aromatic heterocycles. The zero-order valence-corrected chi connectivity index (χ0v) is 9.19. The average Bonchev–Trinajstić information content (AvgIpc) is 2.92. The number of fused-ring (bicyclic) bond motifs is 2. The molecule has 2 fully saturated rings. The predicted octanol–water partition coefficient (Wildman–Crippen LogP) is 1.10. The third kappa shape index (κ3) is 1.71. The SMILES string of the molecule is N#Cc1ccc(CN2C[C@@H]3C[C@H]2CN3)cc1. The van der Waals surface area contributed by atoms with Crippen LogP contribution in [0.5, 0.6) is 0 Å². The minimum absolute atomic E-state index is 0.711. The molecule has 0 saturated carbocycles. The van der Waals surface area contributed by atoms with Gasteiger partial charge in [0.1, 0.15) is 0 Å². The summed E-state index contributed by atoms with van der Waals surface area (Å²) in [5.74, 6) is 0. The van der Waals surface area contributed by atoms with Crippen LogP contribution >= 0.6 is 0 Å². The molecule has 1 aromatic rings. The average molecular weight is 213 g/mol. The highest BCUT2D eigenvalue weighted by Crippen LogP contribution is 2.24. The third-order valence-electron chi connectivity index (χ3n) is 3.64. The molecule has 3 heteroatoms. The summed E-state index contributed by atoms with van der Waals surface area (Å²) < 4.78 is 0. The van der Waals surface area contributed by atoms with Gasteiger partial charge in [-0.2, -0.15) is 5.26 Å². The minimum Gasteiger partial charge on any atom is -0.311 e. The zero-order valence-electron chi connectivity index (χ0n) is 9.19. The topological polar surface area (TPSA) is 39.1 Å². The van der Waals surface area contributed by atoms with Crippen LogP contribution < -0.4 is 5.32 Å². The van der Waals surface area contributed by atoms with Crippen molar-refractivity contribution in [1.29, 1.82) is 5.26 Å². The molecular formula is C13H15N3. The van der Waals surface area contributed by atoms with Crippen LogP contribution in [0.3, 0.4) is 0 Å². The maximum absolute atomic E-state index is 8.73. The van der Waals surface area contributed by atoms with Gasteiger partial charge in [-0.25, -0.2) is 0 Å². The van der Waals surface area contributed by atoms with E-state index in [0.29, 0.717) is 6.04 Å². The van der Waals surface area contributed by atoms with Crippen LogP contribution in [0.15, 0.2) is 24.3 Å². The predicted molar refractivity (Wildman–Crippen MR) is 61.8 cm³/mol. The van der Waals surface area contributed by atoms with Gasteiger partial charge >= 0.3 is 0 Å². The Bertz CT molecular complexity index is 418. The highest BCUT2D eigenvalue weighted by molar-refractivity contribution is 5.31. The third-order valence-corrected chi connectivity index (χ3v) is 3.64. The van der Waals surface area contributed by atoms with Crippen molar-refractivity contribution in [3.8, 4) is 6.07 Å². The molecule has 82 valence electrons. The number of hydrogen-bond donors (Lipinski definition) is 1. The van der Waals surface area contributed by atoms with E-state index in [4.69, 9.17) is 5.26 Å². The van der Waals surface area contributed by atoms with E-state index in [0.717, 1.165) is 24.7 Å². The number of nitrogens with one attached hydrogen (secondary N) is 1. The monoisotopic (exact) mass is 213 g/mol. The van der Waals surface area contributed by atoms with Crippen molar-refractivity contribution in [2.24, 2.45) is 0 Å². The standard InChI is InChI=1S/C13H15N3/c14-6-10-1-3-11(4-2-10)8-16-9-12-5-13(16)7-15-12/h1-4,12-13,15H,5,7-9H2/t12-,13-/m0/s1. The molecule has 0 unspecified atom stereocenters. The van der Waals surface area contributed by atoms with Crippen molar-refractivity contribution in [2.75, 3.05) is 13.1 Å². The van der Waals surface area contributed by atoms with Crippen molar-refractivity contribution >= 4 is 0 Å². The van der Waals surface area contributed by atoms with Gasteiger partial charge < -0.3 is 5.32 Å². The molecule has 0 radical (unpaired) electrons. The first-order chi connectivity index (χ1) is 7.85. The highest BCUT2D eigenvalue weighted by atomic mass is 15.3. The van der Waals surface area contributed by atoms with Crippen LogP contribution in [0, 0.1) is 11.3 Å². The first-order valence-corrected chi connectivity index (χ1v) is 5.81. The molecule has 3 nitrogen and oxygen atoms in total. The first kappa shape index (κ1) is 9.83. The molecule has 2 aliphatic heterocycles. The van der Waals surface area contributed by atoms with Crippen LogP contribution in [0.25, 0.3) is 0 Å². The van der Waals surface area contributed by atoms with Gasteiger partial charge in [-0.1, -0.05) is 12.1 Å². The van der Waals surface area contributed by atoms with E-state index in [1.807, 2.05) is 12.1 Å². The molecule has 2 aliphatic rings. The summed E-state index contributed by atoms with van der Waals surface area (Å²) in [5, 5.41) is 12.2. The molecule has 2 saturated heterocycles. The molecule has 0 aliphatic carbocycles. The lowest BCUT2D eigenvalue weighted by Gasteiger charge is -2.27. The molecule has 0 amide bonds. The van der Waals surface area contributed by atoms with Gasteiger partial charge in [-0.15, -0.1) is 0 Å². The van der Waals surface area contributed by atoms with Crippen molar-refractivity contribution in [2.45, 2.75) is 25.0 Å². The van der Waals surface area contributed by atoms with Crippen LogP contribution in [-0.4, -0.2) is 30.1 Å². The van der Waals surface area contributed by atoms with E-state index in [-0.39, 0.29) is 0 Å². The molecular weight excluding hydrogens is 198 g/mol. The Morgan fingerprint density at radius 2 is 2.19 bits per heavy atom. The van der Waals surface area contributed by atoms with Crippen LogP contribution in [-0.2, 0) is 6.54 Å². The van der Waals surface area contributed by atoms with E-state index in [2.05, 4.69) is 28.4 Å². The number of nitrogens with zero attached hydrogens (tertiary/aromatic N) is 2. The van der Waals surface area contributed by atoms with E-state index in [9.17, 15) is 0 Å². The maximum atomic E-state index is 8.73. The Morgan fingerprint density at radius 1 is 1.38 bits per heavy atom. The van der Waals surface area contributed by atoms with Crippen molar-refractivity contribution in [3.63, 3.8) is 0 Å². The minimum atomic E-state index is 0.711. The molecule has 3 rings (SSSR count). The van der Waals surface area contributed by atoms with E-state index in [1.165, 1.54) is 18.5 Å². The molecule has 1 N–H and O–H groups in total. The largest absolute Gasteiger partial charge is 0.311 e. The smallest absolute Gasteiger partial charge is 0.0991 e. The Hall–Kier alpha value is -1.37. The van der Waals surface area contributed by atoms with Crippen molar-refractivity contribution in [3.05, 3.63) is 35.4 Å². The Kier molecular flexibility index (Phi) is 2.39. The number of piperazine rings is 1. The molecule has 2 bridgehead atoms. The molecule has 2 atom stereocenters. The Labute approximate surface area is 95.7 Å². The number of nitriles is 1. The second-order valence-corrected chi connectivity index (χ2v) is 4.73. The maximum Gasteiger partial charge on any atom is 0.0991 e. The normalized spacial score (nSPS) is 28.2.